The van der Waals surface area contributed by atoms with Gasteiger partial charge in [0, 0.05) is 28.3 Å². The first kappa shape index (κ1) is 13.7. The summed E-state index contributed by atoms with van der Waals surface area (Å²) in [6.45, 7) is 4.41. The molecule has 0 saturated heterocycles. The van der Waals surface area contributed by atoms with Crippen LogP contribution in [0.2, 0.25) is 0 Å². The van der Waals surface area contributed by atoms with Crippen LogP contribution in [0.1, 0.15) is 24.6 Å². The Morgan fingerprint density at radius 2 is 1.71 bits per heavy atom. The van der Waals surface area contributed by atoms with Gasteiger partial charge in [0.2, 0.25) is 0 Å². The standard InChI is InChI=1S/C19H22N2/c1-3-15(21-16-9-5-4-6-10-16)13-18-14(2)20-19-12-8-7-11-17(18)19/h4-12,15,20-21H,3,13H2,1-2H3. The Morgan fingerprint density at radius 1 is 1.00 bits per heavy atom. The van der Waals surface area contributed by atoms with Crippen molar-refractivity contribution in [3.8, 4) is 0 Å². The van der Waals surface area contributed by atoms with E-state index in [9.17, 15) is 0 Å². The highest BCUT2D eigenvalue weighted by Crippen LogP contribution is 2.24. The number of aromatic nitrogens is 1. The van der Waals surface area contributed by atoms with Gasteiger partial charge >= 0.3 is 0 Å². The summed E-state index contributed by atoms with van der Waals surface area (Å²) in [6.07, 6.45) is 2.15. The molecule has 1 unspecified atom stereocenters. The van der Waals surface area contributed by atoms with Crippen molar-refractivity contribution in [2.75, 3.05) is 5.32 Å². The van der Waals surface area contributed by atoms with Crippen LogP contribution in [0.15, 0.2) is 54.6 Å². The Bertz CT molecular complexity index is 713. The highest BCUT2D eigenvalue weighted by Gasteiger charge is 2.13. The largest absolute Gasteiger partial charge is 0.382 e. The molecular weight excluding hydrogens is 256 g/mol. The van der Waals surface area contributed by atoms with E-state index in [-0.39, 0.29) is 0 Å². The quantitative estimate of drug-likeness (QED) is 0.682. The SMILES string of the molecule is CCC(Cc1c(C)[nH]c2ccccc12)Nc1ccccc1. The maximum atomic E-state index is 3.64. The number of para-hydroxylation sites is 2. The lowest BCUT2D eigenvalue weighted by Gasteiger charge is -2.18. The minimum absolute atomic E-state index is 0.449. The number of benzene rings is 2. The number of aryl methyl sites for hydroxylation is 1. The van der Waals surface area contributed by atoms with Crippen LogP contribution in [-0.2, 0) is 6.42 Å². The zero-order chi connectivity index (χ0) is 14.7. The lowest BCUT2D eigenvalue weighted by atomic mass is 10.0. The number of H-pyrrole nitrogens is 1. The third-order valence-electron chi connectivity index (χ3n) is 4.11. The number of fused-ring (bicyclic) bond motifs is 1. The third kappa shape index (κ3) is 2.94. The minimum atomic E-state index is 0.449. The fourth-order valence-electron chi connectivity index (χ4n) is 2.91. The van der Waals surface area contributed by atoms with Gasteiger partial charge < -0.3 is 10.3 Å². The van der Waals surface area contributed by atoms with E-state index in [0.29, 0.717) is 6.04 Å². The second kappa shape index (κ2) is 6.04. The molecule has 2 nitrogen and oxygen atoms in total. The molecule has 108 valence electrons. The molecule has 1 aromatic heterocycles. The summed E-state index contributed by atoms with van der Waals surface area (Å²) >= 11 is 0. The Kier molecular flexibility index (Phi) is 3.96. The van der Waals surface area contributed by atoms with Gasteiger partial charge in [-0.25, -0.2) is 0 Å². The molecule has 2 N–H and O–H groups in total. The maximum absolute atomic E-state index is 3.64. The molecule has 21 heavy (non-hydrogen) atoms. The van der Waals surface area contributed by atoms with Gasteiger partial charge in [-0.05, 0) is 43.5 Å². The Hall–Kier alpha value is -2.22. The third-order valence-corrected chi connectivity index (χ3v) is 4.11. The van der Waals surface area contributed by atoms with E-state index in [0.717, 1.165) is 12.8 Å². The predicted octanol–water partition coefficient (Wildman–Crippen LogP) is 4.91. The van der Waals surface area contributed by atoms with Gasteiger partial charge in [0.1, 0.15) is 0 Å². The minimum Gasteiger partial charge on any atom is -0.382 e. The van der Waals surface area contributed by atoms with Crippen LogP contribution in [-0.4, -0.2) is 11.0 Å². The molecule has 0 saturated carbocycles. The molecule has 2 aromatic carbocycles. The average molecular weight is 278 g/mol. The Balaban J connectivity index is 1.84. The van der Waals surface area contributed by atoms with Gasteiger partial charge in [0.15, 0.2) is 0 Å². The van der Waals surface area contributed by atoms with E-state index in [2.05, 4.69) is 78.7 Å². The monoisotopic (exact) mass is 278 g/mol. The van der Waals surface area contributed by atoms with Gasteiger partial charge in [0.25, 0.3) is 0 Å². The fourth-order valence-corrected chi connectivity index (χ4v) is 2.91. The van der Waals surface area contributed by atoms with Crippen molar-refractivity contribution in [1.82, 2.24) is 4.98 Å². The van der Waals surface area contributed by atoms with Gasteiger partial charge in [-0.15, -0.1) is 0 Å². The Morgan fingerprint density at radius 3 is 2.48 bits per heavy atom. The number of aromatic amines is 1. The number of rotatable bonds is 5. The molecule has 0 aliphatic rings. The summed E-state index contributed by atoms with van der Waals surface area (Å²) in [5.41, 5.74) is 5.15. The smallest absolute Gasteiger partial charge is 0.0458 e. The highest BCUT2D eigenvalue weighted by molar-refractivity contribution is 5.84. The zero-order valence-corrected chi connectivity index (χ0v) is 12.7. The molecular formula is C19H22N2. The molecule has 0 fully saturated rings. The second-order valence-electron chi connectivity index (χ2n) is 5.59. The molecule has 0 amide bonds. The summed E-state index contributed by atoms with van der Waals surface area (Å²) in [7, 11) is 0. The molecule has 0 aliphatic heterocycles. The van der Waals surface area contributed by atoms with Crippen molar-refractivity contribution in [3.63, 3.8) is 0 Å². The first-order chi connectivity index (χ1) is 10.3. The van der Waals surface area contributed by atoms with E-state index in [1.807, 2.05) is 0 Å². The van der Waals surface area contributed by atoms with Crippen LogP contribution in [0.3, 0.4) is 0 Å². The van der Waals surface area contributed by atoms with Crippen LogP contribution in [0.4, 0.5) is 5.69 Å². The van der Waals surface area contributed by atoms with Crippen LogP contribution in [0.5, 0.6) is 0 Å². The van der Waals surface area contributed by atoms with Crippen LogP contribution < -0.4 is 5.32 Å². The predicted molar refractivity (Wildman–Crippen MR) is 90.9 cm³/mol. The van der Waals surface area contributed by atoms with Gasteiger partial charge in [-0.2, -0.15) is 0 Å². The van der Waals surface area contributed by atoms with Crippen molar-refractivity contribution in [2.24, 2.45) is 0 Å². The lowest BCUT2D eigenvalue weighted by molar-refractivity contribution is 0.690. The number of anilines is 1. The summed E-state index contributed by atoms with van der Waals surface area (Å²) < 4.78 is 0. The number of hydrogen-bond acceptors (Lipinski definition) is 1. The highest BCUT2D eigenvalue weighted by atomic mass is 14.9. The normalized spacial score (nSPS) is 12.5. The number of hydrogen-bond donors (Lipinski definition) is 2. The maximum Gasteiger partial charge on any atom is 0.0458 e. The Labute approximate surface area is 126 Å². The molecule has 0 aliphatic carbocycles. The van der Waals surface area contributed by atoms with Crippen LogP contribution >= 0.6 is 0 Å². The summed E-state index contributed by atoms with van der Waals surface area (Å²) in [5.74, 6) is 0. The van der Waals surface area contributed by atoms with E-state index in [1.165, 1.54) is 27.8 Å². The summed E-state index contributed by atoms with van der Waals surface area (Å²) in [5, 5.41) is 5.00. The van der Waals surface area contributed by atoms with Gasteiger partial charge in [0.05, 0.1) is 0 Å². The molecule has 2 heteroatoms. The van der Waals surface area contributed by atoms with Crippen molar-refractivity contribution in [1.29, 1.82) is 0 Å². The fraction of sp³-hybridized carbons (Fsp3) is 0.263. The van der Waals surface area contributed by atoms with E-state index >= 15 is 0 Å². The topological polar surface area (TPSA) is 27.8 Å². The molecule has 1 heterocycles. The molecule has 1 atom stereocenters. The van der Waals surface area contributed by atoms with E-state index in [1.54, 1.807) is 0 Å². The molecule has 0 bridgehead atoms. The van der Waals surface area contributed by atoms with Crippen molar-refractivity contribution in [3.05, 3.63) is 65.9 Å². The van der Waals surface area contributed by atoms with Gasteiger partial charge in [-0.1, -0.05) is 43.3 Å². The zero-order valence-electron chi connectivity index (χ0n) is 12.7. The van der Waals surface area contributed by atoms with Crippen molar-refractivity contribution in [2.45, 2.75) is 32.7 Å². The lowest BCUT2D eigenvalue weighted by Crippen LogP contribution is -2.21. The van der Waals surface area contributed by atoms with Crippen molar-refractivity contribution < 1.29 is 0 Å². The molecule has 3 aromatic rings. The van der Waals surface area contributed by atoms with E-state index < -0.39 is 0 Å². The summed E-state index contributed by atoms with van der Waals surface area (Å²) in [4.78, 5) is 3.49. The summed E-state index contributed by atoms with van der Waals surface area (Å²) in [6, 6.07) is 19.5. The molecule has 0 spiro atoms. The second-order valence-corrected chi connectivity index (χ2v) is 5.59. The molecule has 3 rings (SSSR count). The van der Waals surface area contributed by atoms with E-state index in [4.69, 9.17) is 0 Å². The van der Waals surface area contributed by atoms with Crippen LogP contribution in [0, 0.1) is 6.92 Å². The molecule has 0 radical (unpaired) electrons. The first-order valence-electron chi connectivity index (χ1n) is 7.65. The average Bonchev–Trinajstić information content (AvgIpc) is 2.83. The van der Waals surface area contributed by atoms with Crippen molar-refractivity contribution >= 4 is 16.6 Å². The number of nitrogens with one attached hydrogen (secondary N) is 2. The van der Waals surface area contributed by atoms with Crippen LogP contribution in [0.25, 0.3) is 10.9 Å². The first-order valence-corrected chi connectivity index (χ1v) is 7.65. The van der Waals surface area contributed by atoms with Gasteiger partial charge in [-0.3, -0.25) is 0 Å².